The number of hydrogen-bond acceptors (Lipinski definition) is 6. The SMILES string of the molecule is CO[C@H](C(=O)OC(c1cccc(O)c1C=O)C1CCN(CCc2ccc(F)cc2)CC1)c1ccccc1. The summed E-state index contributed by atoms with van der Waals surface area (Å²) in [6.45, 7) is 2.43. The second kappa shape index (κ2) is 12.6. The second-order valence-electron chi connectivity index (χ2n) is 9.34. The molecule has 1 fully saturated rings. The number of piperidine rings is 1. The molecule has 0 amide bonds. The molecule has 1 saturated heterocycles. The third-order valence-electron chi connectivity index (χ3n) is 7.03. The van der Waals surface area contributed by atoms with Gasteiger partial charge in [0.1, 0.15) is 17.7 Å². The van der Waals surface area contributed by atoms with Crippen LogP contribution in [0.3, 0.4) is 0 Å². The van der Waals surface area contributed by atoms with Gasteiger partial charge >= 0.3 is 5.97 Å². The number of likely N-dealkylation sites (tertiary alicyclic amines) is 1. The molecule has 1 aliphatic rings. The Hall–Kier alpha value is -3.55. The Bertz CT molecular complexity index is 1180. The summed E-state index contributed by atoms with van der Waals surface area (Å²) in [6, 6.07) is 20.5. The van der Waals surface area contributed by atoms with Crippen molar-refractivity contribution in [2.75, 3.05) is 26.7 Å². The normalized spacial score (nSPS) is 16.2. The van der Waals surface area contributed by atoms with Gasteiger partial charge in [0.25, 0.3) is 0 Å². The molecule has 37 heavy (non-hydrogen) atoms. The van der Waals surface area contributed by atoms with Gasteiger partial charge in [-0.3, -0.25) is 4.79 Å². The van der Waals surface area contributed by atoms with Gasteiger partial charge < -0.3 is 19.5 Å². The molecular weight excluding hydrogens is 473 g/mol. The van der Waals surface area contributed by atoms with Crippen LogP contribution in [-0.4, -0.2) is 49.0 Å². The number of rotatable bonds is 10. The molecular formula is C30H32FNO5. The van der Waals surface area contributed by atoms with Crippen LogP contribution in [0.2, 0.25) is 0 Å². The minimum absolute atomic E-state index is 0.0419. The van der Waals surface area contributed by atoms with Gasteiger partial charge in [0.05, 0.1) is 5.56 Å². The van der Waals surface area contributed by atoms with E-state index in [4.69, 9.17) is 9.47 Å². The maximum Gasteiger partial charge on any atom is 0.340 e. The summed E-state index contributed by atoms with van der Waals surface area (Å²) in [4.78, 5) is 27.5. The van der Waals surface area contributed by atoms with Gasteiger partial charge in [-0.2, -0.15) is 0 Å². The fourth-order valence-corrected chi connectivity index (χ4v) is 4.96. The van der Waals surface area contributed by atoms with Crippen molar-refractivity contribution in [1.82, 2.24) is 4.90 Å². The van der Waals surface area contributed by atoms with Crippen molar-refractivity contribution in [3.63, 3.8) is 0 Å². The Kier molecular flexibility index (Phi) is 9.04. The Morgan fingerprint density at radius 1 is 1.05 bits per heavy atom. The van der Waals surface area contributed by atoms with Crippen molar-refractivity contribution < 1.29 is 28.6 Å². The molecule has 0 bridgehead atoms. The highest BCUT2D eigenvalue weighted by Crippen LogP contribution is 2.38. The van der Waals surface area contributed by atoms with Crippen molar-refractivity contribution in [1.29, 1.82) is 0 Å². The highest BCUT2D eigenvalue weighted by Gasteiger charge is 2.35. The van der Waals surface area contributed by atoms with E-state index in [1.165, 1.54) is 25.3 Å². The molecule has 194 valence electrons. The molecule has 1 N–H and O–H groups in total. The smallest absolute Gasteiger partial charge is 0.340 e. The van der Waals surface area contributed by atoms with E-state index < -0.39 is 18.2 Å². The van der Waals surface area contributed by atoms with Crippen LogP contribution in [0.25, 0.3) is 0 Å². The molecule has 0 aliphatic carbocycles. The monoisotopic (exact) mass is 505 g/mol. The lowest BCUT2D eigenvalue weighted by Gasteiger charge is -2.36. The van der Waals surface area contributed by atoms with Crippen LogP contribution in [0, 0.1) is 11.7 Å². The maximum absolute atomic E-state index is 13.3. The molecule has 0 spiro atoms. The van der Waals surface area contributed by atoms with Gasteiger partial charge in [0.2, 0.25) is 0 Å². The van der Waals surface area contributed by atoms with E-state index >= 15 is 0 Å². The molecule has 0 radical (unpaired) electrons. The van der Waals surface area contributed by atoms with Crippen LogP contribution in [0.5, 0.6) is 5.75 Å². The van der Waals surface area contributed by atoms with E-state index in [0.29, 0.717) is 17.4 Å². The number of benzene rings is 3. The highest BCUT2D eigenvalue weighted by atomic mass is 19.1. The number of phenols is 1. The van der Waals surface area contributed by atoms with Gasteiger partial charge in [-0.1, -0.05) is 54.6 Å². The fraction of sp³-hybridized carbons (Fsp3) is 0.333. The first-order valence-electron chi connectivity index (χ1n) is 12.5. The van der Waals surface area contributed by atoms with Crippen molar-refractivity contribution in [3.05, 3.63) is 101 Å². The topological polar surface area (TPSA) is 76.1 Å². The molecule has 0 aromatic heterocycles. The van der Waals surface area contributed by atoms with Crippen molar-refractivity contribution in [3.8, 4) is 5.75 Å². The summed E-state index contributed by atoms with van der Waals surface area (Å²) in [5, 5.41) is 10.3. The molecule has 1 unspecified atom stereocenters. The van der Waals surface area contributed by atoms with Gasteiger partial charge in [-0.05, 0) is 61.7 Å². The summed E-state index contributed by atoms with van der Waals surface area (Å²) >= 11 is 0. The van der Waals surface area contributed by atoms with Gasteiger partial charge in [0.15, 0.2) is 12.4 Å². The molecule has 1 heterocycles. The Labute approximate surface area is 216 Å². The average Bonchev–Trinajstić information content (AvgIpc) is 2.93. The lowest BCUT2D eigenvalue weighted by molar-refractivity contribution is -0.166. The van der Waals surface area contributed by atoms with E-state index in [0.717, 1.165) is 44.5 Å². The number of carbonyl (C=O) groups is 2. The van der Waals surface area contributed by atoms with Gasteiger partial charge in [-0.25, -0.2) is 9.18 Å². The van der Waals surface area contributed by atoms with E-state index in [1.807, 2.05) is 18.2 Å². The lowest BCUT2D eigenvalue weighted by Crippen LogP contribution is -2.38. The van der Waals surface area contributed by atoms with Crippen LogP contribution in [0.4, 0.5) is 4.39 Å². The third-order valence-corrected chi connectivity index (χ3v) is 7.03. The standard InChI is InChI=1S/C30H32FNO5/c1-36-29(22-6-3-2-4-7-22)30(35)37-28(25-8-5-9-27(34)26(25)20-33)23-15-18-32(19-16-23)17-14-21-10-12-24(31)13-11-21/h2-13,20,23,28-29,34H,14-19H2,1H3/t28?,29-/m0/s1. The minimum Gasteiger partial charge on any atom is -0.507 e. The summed E-state index contributed by atoms with van der Waals surface area (Å²) < 4.78 is 24.7. The van der Waals surface area contributed by atoms with E-state index in [2.05, 4.69) is 4.90 Å². The van der Waals surface area contributed by atoms with Crippen LogP contribution in [-0.2, 0) is 20.7 Å². The van der Waals surface area contributed by atoms with Gasteiger partial charge in [-0.15, -0.1) is 0 Å². The summed E-state index contributed by atoms with van der Waals surface area (Å²) in [5.74, 6) is -0.969. The second-order valence-corrected chi connectivity index (χ2v) is 9.34. The average molecular weight is 506 g/mol. The van der Waals surface area contributed by atoms with Crippen molar-refractivity contribution in [2.24, 2.45) is 5.92 Å². The number of ether oxygens (including phenoxy) is 2. The number of aldehydes is 1. The predicted octanol–water partition coefficient (Wildman–Crippen LogP) is 5.27. The molecule has 1 aliphatic heterocycles. The molecule has 7 heteroatoms. The largest absolute Gasteiger partial charge is 0.507 e. The minimum atomic E-state index is -0.906. The number of halogens is 1. The number of hydrogen-bond donors (Lipinski definition) is 1. The number of methoxy groups -OCH3 is 1. The molecule has 3 aromatic rings. The molecule has 2 atom stereocenters. The van der Waals surface area contributed by atoms with Gasteiger partial charge in [0, 0.05) is 25.1 Å². The number of esters is 1. The summed E-state index contributed by atoms with van der Waals surface area (Å²) in [7, 11) is 1.46. The Morgan fingerprint density at radius 3 is 2.41 bits per heavy atom. The zero-order valence-corrected chi connectivity index (χ0v) is 20.9. The Morgan fingerprint density at radius 2 is 1.76 bits per heavy atom. The predicted molar refractivity (Wildman–Crippen MR) is 138 cm³/mol. The van der Waals surface area contributed by atoms with Crippen LogP contribution in [0.1, 0.15) is 52.1 Å². The zero-order valence-electron chi connectivity index (χ0n) is 20.9. The van der Waals surface area contributed by atoms with E-state index in [9.17, 15) is 19.1 Å². The number of carbonyl (C=O) groups excluding carboxylic acids is 2. The van der Waals surface area contributed by atoms with E-state index in [-0.39, 0.29) is 23.0 Å². The first-order valence-corrected chi connectivity index (χ1v) is 12.5. The molecule has 3 aromatic carbocycles. The van der Waals surface area contributed by atoms with Crippen molar-refractivity contribution in [2.45, 2.75) is 31.5 Å². The summed E-state index contributed by atoms with van der Waals surface area (Å²) in [6.07, 6.45) is 1.31. The first kappa shape index (κ1) is 26.5. The van der Waals surface area contributed by atoms with E-state index in [1.54, 1.807) is 36.4 Å². The molecule has 6 nitrogen and oxygen atoms in total. The molecule has 4 rings (SSSR count). The number of nitrogens with zero attached hydrogens (tertiary/aromatic N) is 1. The lowest BCUT2D eigenvalue weighted by atomic mass is 9.85. The fourth-order valence-electron chi connectivity index (χ4n) is 4.96. The maximum atomic E-state index is 13.3. The van der Waals surface area contributed by atoms with Crippen LogP contribution >= 0.6 is 0 Å². The zero-order chi connectivity index (χ0) is 26.2. The molecule has 0 saturated carbocycles. The third kappa shape index (κ3) is 6.61. The highest BCUT2D eigenvalue weighted by molar-refractivity contribution is 5.82. The van der Waals surface area contributed by atoms with Crippen LogP contribution in [0.15, 0.2) is 72.8 Å². The Balaban J connectivity index is 1.49. The van der Waals surface area contributed by atoms with Crippen LogP contribution < -0.4 is 0 Å². The number of aromatic hydroxyl groups is 1. The summed E-state index contributed by atoms with van der Waals surface area (Å²) in [5.41, 5.74) is 2.39. The number of phenolic OH excluding ortho intramolecular Hbond substituents is 1. The van der Waals surface area contributed by atoms with Crippen molar-refractivity contribution >= 4 is 12.3 Å². The first-order chi connectivity index (χ1) is 18.0. The quantitative estimate of drug-likeness (QED) is 0.299.